The molecule has 1 heterocycles. The van der Waals surface area contributed by atoms with E-state index >= 15 is 0 Å². The predicted molar refractivity (Wildman–Crippen MR) is 114 cm³/mol. The number of benzene rings is 2. The molecule has 0 aromatic heterocycles. The molecule has 1 aliphatic rings. The van der Waals surface area contributed by atoms with Crippen LogP contribution in [0.1, 0.15) is 48.9 Å². The van der Waals surface area contributed by atoms with E-state index in [2.05, 4.69) is 5.16 Å². The number of nitrogens with zero attached hydrogens (tertiary/aromatic N) is 2. The third kappa shape index (κ3) is 6.09. The minimum absolute atomic E-state index is 0.0529. The Labute approximate surface area is 180 Å². The number of aryl methyl sites for hydroxylation is 1. The topological polar surface area (TPSA) is 41.9 Å². The van der Waals surface area contributed by atoms with Gasteiger partial charge in [-0.2, -0.15) is 13.2 Å². The third-order valence-electron chi connectivity index (χ3n) is 5.20. The van der Waals surface area contributed by atoms with Gasteiger partial charge in [-0.1, -0.05) is 55.4 Å². The molecule has 7 heteroatoms. The zero-order valence-corrected chi connectivity index (χ0v) is 17.9. The highest BCUT2D eigenvalue weighted by atomic mass is 19.4. The maximum Gasteiger partial charge on any atom is 0.416 e. The first-order valence-corrected chi connectivity index (χ1v) is 10.4. The van der Waals surface area contributed by atoms with E-state index in [1.807, 2.05) is 45.0 Å². The van der Waals surface area contributed by atoms with Crippen LogP contribution in [0.3, 0.4) is 0 Å². The molecule has 2 aromatic carbocycles. The highest BCUT2D eigenvalue weighted by molar-refractivity contribution is 6.02. The van der Waals surface area contributed by atoms with Crippen molar-refractivity contribution in [3.8, 4) is 0 Å². The molecule has 31 heavy (non-hydrogen) atoms. The number of hydrogen-bond donors (Lipinski definition) is 0. The largest absolute Gasteiger partial charge is 0.416 e. The first-order valence-electron chi connectivity index (χ1n) is 10.4. The molecular formula is C24H27F3N2O2. The number of amides is 1. The molecule has 3 rings (SSSR count). The van der Waals surface area contributed by atoms with E-state index in [4.69, 9.17) is 4.84 Å². The van der Waals surface area contributed by atoms with Crippen molar-refractivity contribution in [2.75, 3.05) is 6.54 Å². The fourth-order valence-corrected chi connectivity index (χ4v) is 3.58. The van der Waals surface area contributed by atoms with Crippen LogP contribution < -0.4 is 0 Å². The second-order valence-corrected chi connectivity index (χ2v) is 8.35. The Morgan fingerprint density at radius 3 is 2.45 bits per heavy atom. The van der Waals surface area contributed by atoms with Crippen molar-refractivity contribution < 1.29 is 22.8 Å². The van der Waals surface area contributed by atoms with Gasteiger partial charge in [0.2, 0.25) is 5.91 Å². The van der Waals surface area contributed by atoms with E-state index in [0.717, 1.165) is 29.0 Å². The Kier molecular flexibility index (Phi) is 7.03. The Balaban J connectivity index is 1.70. The van der Waals surface area contributed by atoms with Crippen LogP contribution in [0.15, 0.2) is 53.7 Å². The normalized spacial score (nSPS) is 16.2. The number of rotatable bonds is 7. The zero-order chi connectivity index (χ0) is 22.6. The fourth-order valence-electron chi connectivity index (χ4n) is 3.58. The van der Waals surface area contributed by atoms with Crippen molar-refractivity contribution >= 4 is 11.6 Å². The summed E-state index contributed by atoms with van der Waals surface area (Å²) in [5.74, 6) is 0.119. The van der Waals surface area contributed by atoms with Crippen molar-refractivity contribution in [1.82, 2.24) is 4.90 Å². The summed E-state index contributed by atoms with van der Waals surface area (Å²) in [5.41, 5.74) is 2.90. The molecule has 1 amide bonds. The van der Waals surface area contributed by atoms with Crippen LogP contribution in [-0.2, 0) is 22.4 Å². The highest BCUT2D eigenvalue weighted by Gasteiger charge is 2.31. The van der Waals surface area contributed by atoms with Gasteiger partial charge in [-0.05, 0) is 36.1 Å². The summed E-state index contributed by atoms with van der Waals surface area (Å²) in [5, 5.41) is 4.22. The van der Waals surface area contributed by atoms with Gasteiger partial charge in [-0.25, -0.2) is 0 Å². The van der Waals surface area contributed by atoms with Crippen LogP contribution in [0.25, 0.3) is 0 Å². The summed E-state index contributed by atoms with van der Waals surface area (Å²) in [6.07, 6.45) is -3.74. The van der Waals surface area contributed by atoms with E-state index in [1.54, 1.807) is 4.90 Å². The summed E-state index contributed by atoms with van der Waals surface area (Å²) in [6, 6.07) is 12.8. The lowest BCUT2D eigenvalue weighted by atomic mass is 10.00. The SMILES string of the molecule is Cc1ccccc1C1=NO[C@H](CN(Cc2ccc(C(F)(F)F)cc2)C(=O)CC(C)C)C1. The van der Waals surface area contributed by atoms with Gasteiger partial charge in [0.05, 0.1) is 17.8 Å². The van der Waals surface area contributed by atoms with Gasteiger partial charge in [0, 0.05) is 24.9 Å². The average Bonchev–Trinajstić information content (AvgIpc) is 3.15. The monoisotopic (exact) mass is 432 g/mol. The number of halogens is 3. The Hall–Kier alpha value is -2.83. The Morgan fingerprint density at radius 2 is 1.84 bits per heavy atom. The molecule has 0 N–H and O–H groups in total. The lowest BCUT2D eigenvalue weighted by molar-refractivity contribution is -0.138. The molecule has 0 spiro atoms. The molecule has 0 saturated heterocycles. The summed E-state index contributed by atoms with van der Waals surface area (Å²) in [7, 11) is 0. The lowest BCUT2D eigenvalue weighted by Gasteiger charge is -2.26. The second kappa shape index (κ2) is 9.54. The molecule has 0 saturated carbocycles. The van der Waals surface area contributed by atoms with Crippen molar-refractivity contribution in [3.05, 3.63) is 70.8 Å². The van der Waals surface area contributed by atoms with Crippen LogP contribution in [0.2, 0.25) is 0 Å². The Bertz CT molecular complexity index is 937. The molecule has 1 atom stereocenters. The van der Waals surface area contributed by atoms with Crippen LogP contribution >= 0.6 is 0 Å². The summed E-state index contributed by atoms with van der Waals surface area (Å²) >= 11 is 0. The average molecular weight is 432 g/mol. The second-order valence-electron chi connectivity index (χ2n) is 8.35. The smallest absolute Gasteiger partial charge is 0.390 e. The van der Waals surface area contributed by atoms with Crippen LogP contribution in [-0.4, -0.2) is 29.2 Å². The van der Waals surface area contributed by atoms with E-state index in [0.29, 0.717) is 24.9 Å². The fraction of sp³-hybridized carbons (Fsp3) is 0.417. The van der Waals surface area contributed by atoms with Gasteiger partial charge in [-0.3, -0.25) is 4.79 Å². The molecule has 166 valence electrons. The van der Waals surface area contributed by atoms with Crippen LogP contribution in [0, 0.1) is 12.8 Å². The Morgan fingerprint density at radius 1 is 1.16 bits per heavy atom. The molecule has 4 nitrogen and oxygen atoms in total. The molecule has 1 aliphatic heterocycles. The molecule has 0 fully saturated rings. The minimum Gasteiger partial charge on any atom is -0.390 e. The first kappa shape index (κ1) is 22.8. The van der Waals surface area contributed by atoms with Gasteiger partial charge < -0.3 is 9.74 Å². The summed E-state index contributed by atoms with van der Waals surface area (Å²) in [4.78, 5) is 20.1. The minimum atomic E-state index is -4.38. The van der Waals surface area contributed by atoms with E-state index < -0.39 is 11.7 Å². The van der Waals surface area contributed by atoms with Crippen molar-refractivity contribution in [1.29, 1.82) is 0 Å². The maximum atomic E-state index is 12.8. The number of carbonyl (C=O) groups excluding carboxylic acids is 1. The van der Waals surface area contributed by atoms with E-state index in [1.165, 1.54) is 12.1 Å². The van der Waals surface area contributed by atoms with Gasteiger partial charge in [-0.15, -0.1) is 0 Å². The summed E-state index contributed by atoms with van der Waals surface area (Å²) in [6.45, 7) is 6.47. The van der Waals surface area contributed by atoms with Crippen LogP contribution in [0.5, 0.6) is 0 Å². The first-order chi connectivity index (χ1) is 14.6. The van der Waals surface area contributed by atoms with Crippen molar-refractivity contribution in [3.63, 3.8) is 0 Å². The number of oxime groups is 1. The lowest BCUT2D eigenvalue weighted by Crippen LogP contribution is -2.37. The number of carbonyl (C=O) groups is 1. The maximum absolute atomic E-state index is 12.8. The molecule has 0 unspecified atom stereocenters. The van der Waals surface area contributed by atoms with Gasteiger partial charge >= 0.3 is 6.18 Å². The predicted octanol–water partition coefficient (Wildman–Crippen LogP) is 5.58. The van der Waals surface area contributed by atoms with Gasteiger partial charge in [0.15, 0.2) is 6.10 Å². The highest BCUT2D eigenvalue weighted by Crippen LogP contribution is 2.29. The van der Waals surface area contributed by atoms with Crippen LogP contribution in [0.4, 0.5) is 13.2 Å². The number of hydrogen-bond acceptors (Lipinski definition) is 3. The van der Waals surface area contributed by atoms with E-state index in [-0.39, 0.29) is 24.5 Å². The number of alkyl halides is 3. The van der Waals surface area contributed by atoms with Crippen molar-refractivity contribution in [2.24, 2.45) is 11.1 Å². The van der Waals surface area contributed by atoms with Gasteiger partial charge in [0.1, 0.15) is 0 Å². The van der Waals surface area contributed by atoms with E-state index in [9.17, 15) is 18.0 Å². The van der Waals surface area contributed by atoms with Crippen molar-refractivity contribution in [2.45, 2.75) is 52.4 Å². The quantitative estimate of drug-likeness (QED) is 0.573. The standard InChI is InChI=1S/C24H27F3N2O2/c1-16(2)12-23(30)29(14-18-8-10-19(11-9-18)24(25,26)27)15-20-13-22(28-31-20)21-7-5-4-6-17(21)3/h4-11,16,20H,12-15H2,1-3H3/t20-/m0/s1. The molecule has 0 bridgehead atoms. The summed E-state index contributed by atoms with van der Waals surface area (Å²) < 4.78 is 38.5. The third-order valence-corrected chi connectivity index (χ3v) is 5.20. The molecule has 2 aromatic rings. The molecule has 0 radical (unpaired) electrons. The van der Waals surface area contributed by atoms with Gasteiger partial charge in [0.25, 0.3) is 0 Å². The molecule has 0 aliphatic carbocycles. The zero-order valence-electron chi connectivity index (χ0n) is 17.9. The molecular weight excluding hydrogens is 405 g/mol.